The molecule has 204 valence electrons. The molecule has 0 fully saturated rings. The van der Waals surface area contributed by atoms with Crippen molar-refractivity contribution in [2.45, 2.75) is 88.5 Å². The second-order valence-electron chi connectivity index (χ2n) is 9.39. The fourth-order valence-corrected chi connectivity index (χ4v) is 3.08. The first kappa shape index (κ1) is 33.9. The molecule has 4 nitrogen and oxygen atoms in total. The van der Waals surface area contributed by atoms with Gasteiger partial charge in [0.2, 0.25) is 0 Å². The number of ketones is 2. The smallest absolute Gasteiger partial charge is 0.184 e. The third-order valence-electron chi connectivity index (χ3n) is 5.95. The quantitative estimate of drug-likeness (QED) is 0.126. The van der Waals surface area contributed by atoms with Crippen LogP contribution >= 0.6 is 0 Å². The predicted octanol–water partition coefficient (Wildman–Crippen LogP) is 9.06. The number of hydrogen-bond donors (Lipinski definition) is 0. The highest BCUT2D eigenvalue weighted by molar-refractivity contribution is 6.10. The van der Waals surface area contributed by atoms with Crippen LogP contribution in [0, 0.1) is 5.92 Å². The van der Waals surface area contributed by atoms with Gasteiger partial charge in [-0.05, 0) is 88.3 Å². The van der Waals surface area contributed by atoms with E-state index >= 15 is 0 Å². The van der Waals surface area contributed by atoms with Crippen molar-refractivity contribution in [3.8, 4) is 0 Å². The van der Waals surface area contributed by atoms with Crippen molar-refractivity contribution in [1.29, 1.82) is 0 Å². The van der Waals surface area contributed by atoms with E-state index in [-0.39, 0.29) is 17.5 Å². The zero-order valence-electron chi connectivity index (χ0n) is 25.0. The van der Waals surface area contributed by atoms with Crippen LogP contribution in [0.15, 0.2) is 93.8 Å². The second kappa shape index (κ2) is 18.2. The van der Waals surface area contributed by atoms with Crippen LogP contribution in [0.25, 0.3) is 0 Å². The average molecular weight is 509 g/mol. The lowest BCUT2D eigenvalue weighted by molar-refractivity contribution is -0.113. The maximum absolute atomic E-state index is 13.1. The van der Waals surface area contributed by atoms with Crippen molar-refractivity contribution in [2.24, 2.45) is 5.92 Å². The van der Waals surface area contributed by atoms with E-state index in [4.69, 9.17) is 9.47 Å². The minimum Gasteiger partial charge on any atom is -0.501 e. The van der Waals surface area contributed by atoms with E-state index in [1.54, 1.807) is 26.2 Å². The minimum absolute atomic E-state index is 0.00365. The van der Waals surface area contributed by atoms with E-state index in [1.165, 1.54) is 5.57 Å². The summed E-state index contributed by atoms with van der Waals surface area (Å²) >= 11 is 0. The molecule has 0 unspecified atom stereocenters. The average Bonchev–Trinajstić information content (AvgIpc) is 2.88. The number of carbonyl (C=O) groups is 2. The summed E-state index contributed by atoms with van der Waals surface area (Å²) in [5.41, 5.74) is 3.86. The highest BCUT2D eigenvalue weighted by Gasteiger charge is 2.15. The van der Waals surface area contributed by atoms with E-state index in [1.807, 2.05) is 91.8 Å². The van der Waals surface area contributed by atoms with Gasteiger partial charge in [0, 0.05) is 12.0 Å². The number of ether oxygens (including phenoxy) is 2. The van der Waals surface area contributed by atoms with Crippen molar-refractivity contribution >= 4 is 11.6 Å². The fourth-order valence-electron chi connectivity index (χ4n) is 3.08. The number of allylic oxidation sites excluding steroid dienone is 16. The molecule has 0 amide bonds. The fraction of sp³-hybridized carbons (Fsp3) is 0.455. The van der Waals surface area contributed by atoms with Gasteiger partial charge in [-0.1, -0.05) is 70.6 Å². The zero-order chi connectivity index (χ0) is 28.5. The molecule has 0 heterocycles. The topological polar surface area (TPSA) is 52.6 Å². The maximum Gasteiger partial charge on any atom is 0.184 e. The Morgan fingerprint density at radius 1 is 0.649 bits per heavy atom. The summed E-state index contributed by atoms with van der Waals surface area (Å²) in [5, 5.41) is 0. The lowest BCUT2D eigenvalue weighted by atomic mass is 9.93. The molecule has 0 spiro atoms. The molecule has 0 N–H and O–H groups in total. The van der Waals surface area contributed by atoms with Crippen LogP contribution in [0.3, 0.4) is 0 Å². The molecule has 37 heavy (non-hydrogen) atoms. The van der Waals surface area contributed by atoms with Gasteiger partial charge in [-0.25, -0.2) is 0 Å². The molecule has 0 atom stereocenters. The standard InChI is InChI=1S/C33H48O4/c1-12-24(6)15-16-26(8)33(35)31(23(4)5)22-17-25(7)32(34)29(13-2)20-18-28(10)37-30(14-3)21-19-27(9)36-11/h15-23H,12-14H2,1-11H3/b24-15-,25-17+,26-16+,27-19+,28-18+,29-20+,30-21+,31-22+. The van der Waals surface area contributed by atoms with Gasteiger partial charge in [-0.3, -0.25) is 9.59 Å². The van der Waals surface area contributed by atoms with Gasteiger partial charge in [0.15, 0.2) is 11.6 Å². The summed E-state index contributed by atoms with van der Waals surface area (Å²) in [7, 11) is 1.63. The Balaban J connectivity index is 5.85. The highest BCUT2D eigenvalue weighted by Crippen LogP contribution is 2.19. The third-order valence-corrected chi connectivity index (χ3v) is 5.95. The normalized spacial score (nSPS) is 15.4. The van der Waals surface area contributed by atoms with Crippen molar-refractivity contribution in [3.63, 3.8) is 0 Å². The van der Waals surface area contributed by atoms with Crippen LogP contribution in [-0.4, -0.2) is 18.7 Å². The Labute approximate surface area is 225 Å². The Morgan fingerprint density at radius 2 is 1.22 bits per heavy atom. The number of methoxy groups -OCH3 is 1. The molecule has 0 aromatic heterocycles. The first-order valence-electron chi connectivity index (χ1n) is 13.2. The molecule has 0 radical (unpaired) electrons. The van der Waals surface area contributed by atoms with Crippen LogP contribution < -0.4 is 0 Å². The number of rotatable bonds is 15. The molecule has 0 saturated carbocycles. The third kappa shape index (κ3) is 13.1. The van der Waals surface area contributed by atoms with Crippen LogP contribution in [0.5, 0.6) is 0 Å². The molecule has 0 rings (SSSR count). The number of Topliss-reactive ketones (excluding diaryl/α,β-unsaturated/α-hetero) is 2. The summed E-state index contributed by atoms with van der Waals surface area (Å²) in [5.74, 6) is 2.29. The zero-order valence-corrected chi connectivity index (χ0v) is 25.0. The highest BCUT2D eigenvalue weighted by atomic mass is 16.5. The van der Waals surface area contributed by atoms with Gasteiger partial charge in [-0.15, -0.1) is 0 Å². The van der Waals surface area contributed by atoms with Crippen LogP contribution in [-0.2, 0) is 19.1 Å². The molecular weight excluding hydrogens is 460 g/mol. The van der Waals surface area contributed by atoms with Crippen molar-refractivity contribution in [1.82, 2.24) is 0 Å². The Bertz CT molecular complexity index is 1030. The van der Waals surface area contributed by atoms with Gasteiger partial charge in [-0.2, -0.15) is 0 Å². The number of carbonyl (C=O) groups excluding carboxylic acids is 2. The Hall–Kier alpha value is -3.14. The molecule has 4 heteroatoms. The summed E-state index contributed by atoms with van der Waals surface area (Å²) in [6, 6.07) is 0. The van der Waals surface area contributed by atoms with E-state index in [0.29, 0.717) is 34.5 Å². The predicted molar refractivity (Wildman–Crippen MR) is 157 cm³/mol. The second-order valence-corrected chi connectivity index (χ2v) is 9.39. The van der Waals surface area contributed by atoms with E-state index in [0.717, 1.165) is 24.4 Å². The van der Waals surface area contributed by atoms with E-state index in [9.17, 15) is 9.59 Å². The molecule has 0 bridgehead atoms. The lowest BCUT2D eigenvalue weighted by Crippen LogP contribution is -2.10. The SMILES string of the molecule is CC/C(C)=C\C=C(/C)C(=O)/C(=C/C=C(\C)C(=O)/C(=C/C=C(\C)O/C(=C/C=C(\C)OC)CC)CC)C(C)C. The van der Waals surface area contributed by atoms with Gasteiger partial charge in [0.05, 0.1) is 12.9 Å². The summed E-state index contributed by atoms with van der Waals surface area (Å²) < 4.78 is 11.1. The summed E-state index contributed by atoms with van der Waals surface area (Å²) in [4.78, 5) is 26.1. The molecule has 0 aliphatic rings. The van der Waals surface area contributed by atoms with Crippen molar-refractivity contribution in [2.75, 3.05) is 7.11 Å². The summed E-state index contributed by atoms with van der Waals surface area (Å²) in [6.07, 6.45) is 17.1. The Kier molecular flexibility index (Phi) is 16.6. The lowest BCUT2D eigenvalue weighted by Gasteiger charge is -2.10. The van der Waals surface area contributed by atoms with Crippen molar-refractivity contribution < 1.29 is 19.1 Å². The van der Waals surface area contributed by atoms with Crippen LogP contribution in [0.1, 0.15) is 88.5 Å². The number of hydrogen-bond acceptors (Lipinski definition) is 4. The molecule has 0 saturated heterocycles. The molecule has 0 aromatic rings. The van der Waals surface area contributed by atoms with E-state index < -0.39 is 0 Å². The van der Waals surface area contributed by atoms with Gasteiger partial charge in [0.25, 0.3) is 0 Å². The van der Waals surface area contributed by atoms with Crippen molar-refractivity contribution in [3.05, 3.63) is 93.8 Å². The maximum atomic E-state index is 13.1. The molecule has 0 aromatic carbocycles. The first-order chi connectivity index (χ1) is 17.4. The van der Waals surface area contributed by atoms with Crippen LogP contribution in [0.4, 0.5) is 0 Å². The molecular formula is C33H48O4. The van der Waals surface area contributed by atoms with Crippen LogP contribution in [0.2, 0.25) is 0 Å². The monoisotopic (exact) mass is 508 g/mol. The largest absolute Gasteiger partial charge is 0.501 e. The minimum atomic E-state index is -0.0444. The summed E-state index contributed by atoms with van der Waals surface area (Å²) in [6.45, 7) is 19.5. The molecule has 0 aliphatic heterocycles. The molecule has 0 aliphatic carbocycles. The van der Waals surface area contributed by atoms with Gasteiger partial charge < -0.3 is 9.47 Å². The van der Waals surface area contributed by atoms with Gasteiger partial charge in [0.1, 0.15) is 11.5 Å². The van der Waals surface area contributed by atoms with Gasteiger partial charge >= 0.3 is 0 Å². The first-order valence-corrected chi connectivity index (χ1v) is 13.2. The Morgan fingerprint density at radius 3 is 1.73 bits per heavy atom. The van der Waals surface area contributed by atoms with E-state index in [2.05, 4.69) is 6.92 Å².